The summed E-state index contributed by atoms with van der Waals surface area (Å²) in [5.41, 5.74) is 0.909. The van der Waals surface area contributed by atoms with Gasteiger partial charge in [0.1, 0.15) is 6.61 Å². The van der Waals surface area contributed by atoms with Gasteiger partial charge in [0, 0.05) is 10.1 Å². The summed E-state index contributed by atoms with van der Waals surface area (Å²) in [7, 11) is 0. The highest BCUT2D eigenvalue weighted by atomic mass is 35.5. The van der Waals surface area contributed by atoms with Crippen molar-refractivity contribution in [3.63, 3.8) is 0 Å². The SMILES string of the molecule is C=C(Cl)COC(=O)c1ccc2c(c1)C(=O)N(c1ccc(Cl)cc1)C2=O. The number of amides is 2. The van der Waals surface area contributed by atoms with Crippen LogP contribution in [0, 0.1) is 0 Å². The molecule has 5 nitrogen and oxygen atoms in total. The van der Waals surface area contributed by atoms with Crippen molar-refractivity contribution in [3.8, 4) is 0 Å². The number of fused-ring (bicyclic) bond motifs is 1. The molecule has 0 radical (unpaired) electrons. The van der Waals surface area contributed by atoms with Crippen molar-refractivity contribution in [2.45, 2.75) is 0 Å². The molecule has 0 fully saturated rings. The highest BCUT2D eigenvalue weighted by Crippen LogP contribution is 2.30. The van der Waals surface area contributed by atoms with Crippen molar-refractivity contribution in [1.82, 2.24) is 0 Å². The highest BCUT2D eigenvalue weighted by Gasteiger charge is 2.37. The maximum Gasteiger partial charge on any atom is 0.338 e. The Bertz CT molecular complexity index is 906. The van der Waals surface area contributed by atoms with E-state index in [-0.39, 0.29) is 28.3 Å². The highest BCUT2D eigenvalue weighted by molar-refractivity contribution is 6.35. The van der Waals surface area contributed by atoms with Crippen molar-refractivity contribution >= 4 is 46.7 Å². The molecule has 0 aliphatic carbocycles. The Morgan fingerprint density at radius 2 is 1.68 bits per heavy atom. The van der Waals surface area contributed by atoms with E-state index in [2.05, 4.69) is 6.58 Å². The molecule has 2 aromatic rings. The standard InChI is InChI=1S/C18H11Cl2NO4/c1-10(19)9-25-18(24)11-2-7-14-15(8-11)17(23)21(16(14)22)13-5-3-12(20)4-6-13/h2-8H,1,9H2. The van der Waals surface area contributed by atoms with Gasteiger partial charge >= 0.3 is 5.97 Å². The molecular weight excluding hydrogens is 365 g/mol. The largest absolute Gasteiger partial charge is 0.456 e. The van der Waals surface area contributed by atoms with E-state index in [1.807, 2.05) is 0 Å². The lowest BCUT2D eigenvalue weighted by molar-refractivity contribution is 0.0546. The van der Waals surface area contributed by atoms with Crippen molar-refractivity contribution in [1.29, 1.82) is 0 Å². The second kappa shape index (κ2) is 6.70. The minimum Gasteiger partial charge on any atom is -0.456 e. The van der Waals surface area contributed by atoms with Crippen LogP contribution in [0.2, 0.25) is 5.02 Å². The Morgan fingerprint density at radius 1 is 1.04 bits per heavy atom. The zero-order valence-corrected chi connectivity index (χ0v) is 14.3. The van der Waals surface area contributed by atoms with Gasteiger partial charge in [-0.15, -0.1) is 0 Å². The molecule has 1 aliphatic heterocycles. The average molecular weight is 376 g/mol. The molecule has 7 heteroatoms. The molecule has 2 amide bonds. The van der Waals surface area contributed by atoms with E-state index in [0.717, 1.165) is 4.90 Å². The average Bonchev–Trinajstić information content (AvgIpc) is 2.84. The van der Waals surface area contributed by atoms with E-state index in [0.29, 0.717) is 10.7 Å². The first-order valence-electron chi connectivity index (χ1n) is 7.17. The summed E-state index contributed by atoms with van der Waals surface area (Å²) in [6.45, 7) is 3.29. The zero-order valence-electron chi connectivity index (χ0n) is 12.8. The summed E-state index contributed by atoms with van der Waals surface area (Å²) in [6, 6.07) is 10.5. The third-order valence-electron chi connectivity index (χ3n) is 3.57. The molecule has 2 aromatic carbocycles. The number of carbonyl (C=O) groups excluding carboxylic acids is 3. The lowest BCUT2D eigenvalue weighted by Gasteiger charge is -2.13. The number of rotatable bonds is 4. The number of imide groups is 1. The number of ether oxygens (including phenoxy) is 1. The Morgan fingerprint density at radius 3 is 2.32 bits per heavy atom. The van der Waals surface area contributed by atoms with Crippen LogP contribution in [0.25, 0.3) is 0 Å². The number of benzene rings is 2. The van der Waals surface area contributed by atoms with E-state index in [4.69, 9.17) is 27.9 Å². The van der Waals surface area contributed by atoms with Crippen LogP contribution >= 0.6 is 23.2 Å². The fourth-order valence-corrected chi connectivity index (χ4v) is 2.60. The summed E-state index contributed by atoms with van der Waals surface area (Å²) in [5.74, 6) is -1.63. The van der Waals surface area contributed by atoms with E-state index >= 15 is 0 Å². The first-order chi connectivity index (χ1) is 11.9. The number of hydrogen-bond acceptors (Lipinski definition) is 4. The number of hydrogen-bond donors (Lipinski definition) is 0. The van der Waals surface area contributed by atoms with Crippen LogP contribution in [0.1, 0.15) is 31.1 Å². The van der Waals surface area contributed by atoms with Gasteiger partial charge in [0.2, 0.25) is 0 Å². The van der Waals surface area contributed by atoms with Crippen LogP contribution in [0.5, 0.6) is 0 Å². The van der Waals surface area contributed by atoms with E-state index < -0.39 is 17.8 Å². The lowest BCUT2D eigenvalue weighted by atomic mass is 10.1. The summed E-state index contributed by atoms with van der Waals surface area (Å²) in [6.07, 6.45) is 0. The van der Waals surface area contributed by atoms with Crippen LogP contribution in [0.3, 0.4) is 0 Å². The van der Waals surface area contributed by atoms with Crippen molar-refractivity contribution in [2.24, 2.45) is 0 Å². The molecular formula is C18H11Cl2NO4. The number of anilines is 1. The van der Waals surface area contributed by atoms with E-state index in [1.165, 1.54) is 18.2 Å². The van der Waals surface area contributed by atoms with Gasteiger partial charge in [-0.3, -0.25) is 9.59 Å². The molecule has 0 saturated heterocycles. The first kappa shape index (κ1) is 17.2. The van der Waals surface area contributed by atoms with Crippen molar-refractivity contribution in [3.05, 3.63) is 75.8 Å². The van der Waals surface area contributed by atoms with Crippen LogP contribution in [-0.2, 0) is 4.74 Å². The van der Waals surface area contributed by atoms with Crippen LogP contribution in [0.4, 0.5) is 5.69 Å². The monoisotopic (exact) mass is 375 g/mol. The Hall–Kier alpha value is -2.63. The molecule has 0 unspecified atom stereocenters. The molecule has 0 bridgehead atoms. The molecule has 3 rings (SSSR count). The zero-order chi connectivity index (χ0) is 18.1. The van der Waals surface area contributed by atoms with Crippen molar-refractivity contribution in [2.75, 3.05) is 11.5 Å². The topological polar surface area (TPSA) is 63.7 Å². The van der Waals surface area contributed by atoms with Gasteiger partial charge in [-0.05, 0) is 42.5 Å². The quantitative estimate of drug-likeness (QED) is 0.597. The van der Waals surface area contributed by atoms with Gasteiger partial charge in [-0.2, -0.15) is 0 Å². The van der Waals surface area contributed by atoms with E-state index in [1.54, 1.807) is 24.3 Å². The summed E-state index contributed by atoms with van der Waals surface area (Å²) >= 11 is 11.4. The predicted octanol–water partition coefficient (Wildman–Crippen LogP) is 4.05. The third-order valence-corrected chi connectivity index (χ3v) is 3.93. The van der Waals surface area contributed by atoms with Gasteiger partial charge in [-0.1, -0.05) is 29.8 Å². The Kier molecular flexibility index (Phi) is 4.61. The number of nitrogens with zero attached hydrogens (tertiary/aromatic N) is 1. The molecule has 0 saturated carbocycles. The van der Waals surface area contributed by atoms with Gasteiger partial charge in [0.25, 0.3) is 11.8 Å². The molecule has 0 aromatic heterocycles. The van der Waals surface area contributed by atoms with Crippen LogP contribution < -0.4 is 4.90 Å². The number of esters is 1. The minimum atomic E-state index is -0.658. The Balaban J connectivity index is 1.91. The molecule has 1 aliphatic rings. The van der Waals surface area contributed by atoms with Gasteiger partial charge < -0.3 is 4.74 Å². The number of halogens is 2. The van der Waals surface area contributed by atoms with Crippen LogP contribution in [0.15, 0.2) is 54.1 Å². The molecule has 0 N–H and O–H groups in total. The molecule has 0 atom stereocenters. The summed E-state index contributed by atoms with van der Waals surface area (Å²) in [4.78, 5) is 38.2. The summed E-state index contributed by atoms with van der Waals surface area (Å²) in [5, 5.41) is 0.668. The maximum atomic E-state index is 12.6. The molecule has 0 spiro atoms. The van der Waals surface area contributed by atoms with Crippen molar-refractivity contribution < 1.29 is 19.1 Å². The molecule has 126 valence electrons. The van der Waals surface area contributed by atoms with Crippen LogP contribution in [-0.4, -0.2) is 24.4 Å². The van der Waals surface area contributed by atoms with Gasteiger partial charge in [-0.25, -0.2) is 9.69 Å². The second-order valence-electron chi connectivity index (χ2n) is 5.28. The van der Waals surface area contributed by atoms with Gasteiger partial charge in [0.15, 0.2) is 0 Å². The van der Waals surface area contributed by atoms with E-state index in [9.17, 15) is 14.4 Å². The normalized spacial score (nSPS) is 13.0. The summed E-state index contributed by atoms with van der Waals surface area (Å²) < 4.78 is 4.94. The fourth-order valence-electron chi connectivity index (χ4n) is 2.42. The Labute approximate surface area is 153 Å². The maximum absolute atomic E-state index is 12.6. The lowest BCUT2D eigenvalue weighted by Crippen LogP contribution is -2.29. The molecule has 1 heterocycles. The molecule has 25 heavy (non-hydrogen) atoms. The first-order valence-corrected chi connectivity index (χ1v) is 7.93. The minimum absolute atomic E-state index is 0.138. The fraction of sp³-hybridized carbons (Fsp3) is 0.0556. The smallest absolute Gasteiger partial charge is 0.338 e. The second-order valence-corrected chi connectivity index (χ2v) is 6.25. The van der Waals surface area contributed by atoms with Gasteiger partial charge in [0.05, 0.1) is 22.4 Å². The predicted molar refractivity (Wildman–Crippen MR) is 94.3 cm³/mol. The third kappa shape index (κ3) is 3.29. The number of carbonyl (C=O) groups is 3.